The first kappa shape index (κ1) is 27.2. The third-order valence-corrected chi connectivity index (χ3v) is 6.58. The van der Waals surface area contributed by atoms with Crippen molar-refractivity contribution in [2.45, 2.75) is 32.0 Å². The molecule has 1 atom stereocenters. The molecule has 3 rings (SSSR count). The first-order chi connectivity index (χ1) is 17.2. The summed E-state index contributed by atoms with van der Waals surface area (Å²) in [7, 11) is 1.79. The Morgan fingerprint density at radius 1 is 1.08 bits per heavy atom. The van der Waals surface area contributed by atoms with Gasteiger partial charge in [-0.25, -0.2) is 4.79 Å². The van der Waals surface area contributed by atoms with Crippen LogP contribution in [0.25, 0.3) is 0 Å². The molecule has 1 heterocycles. The number of esters is 1. The molecule has 0 aliphatic heterocycles. The first-order valence-electron chi connectivity index (χ1n) is 11.4. The summed E-state index contributed by atoms with van der Waals surface area (Å²) in [6.07, 6.45) is 0. The zero-order valence-corrected chi connectivity index (χ0v) is 22.0. The van der Waals surface area contributed by atoms with Crippen LogP contribution in [-0.2, 0) is 16.6 Å². The molecule has 0 fully saturated rings. The van der Waals surface area contributed by atoms with E-state index in [4.69, 9.17) is 16.3 Å². The molecule has 2 aromatic carbocycles. The average molecular weight is 530 g/mol. The predicted octanol–water partition coefficient (Wildman–Crippen LogP) is 4.50. The van der Waals surface area contributed by atoms with Crippen LogP contribution in [0, 0.1) is 5.92 Å². The van der Waals surface area contributed by atoms with Crippen molar-refractivity contribution in [1.29, 1.82) is 0 Å². The van der Waals surface area contributed by atoms with E-state index < -0.39 is 12.0 Å². The van der Waals surface area contributed by atoms with E-state index in [0.717, 1.165) is 0 Å². The molecule has 0 spiro atoms. The summed E-state index contributed by atoms with van der Waals surface area (Å²) in [4.78, 5) is 37.0. The van der Waals surface area contributed by atoms with Gasteiger partial charge in [0.25, 0.3) is 5.91 Å². The average Bonchev–Trinajstić information content (AvgIpc) is 3.21. The van der Waals surface area contributed by atoms with Crippen molar-refractivity contribution in [2.24, 2.45) is 13.0 Å². The van der Waals surface area contributed by atoms with E-state index in [-0.39, 0.29) is 23.5 Å². The van der Waals surface area contributed by atoms with Gasteiger partial charge >= 0.3 is 5.97 Å². The summed E-state index contributed by atoms with van der Waals surface area (Å²) >= 11 is 7.40. The standard InChI is InChI=1S/C25H28ClN5O4S/c1-5-35-24(34)16-10-12-17(13-11-16)27-20(32)14-36-25-30-29-22(31(25)4)21(15(2)3)28-23(33)18-8-6-7-9-19(18)26/h6-13,15,21H,5,14H2,1-4H3,(H,27,32)(H,28,33)/t21-/m1/s1. The first-order valence-corrected chi connectivity index (χ1v) is 12.7. The van der Waals surface area contributed by atoms with Gasteiger partial charge < -0.3 is 19.9 Å². The number of aromatic nitrogens is 3. The van der Waals surface area contributed by atoms with Gasteiger partial charge in [-0.3, -0.25) is 9.59 Å². The van der Waals surface area contributed by atoms with Crippen molar-refractivity contribution in [1.82, 2.24) is 20.1 Å². The number of carbonyl (C=O) groups excluding carboxylic acids is 3. The summed E-state index contributed by atoms with van der Waals surface area (Å²) in [6.45, 7) is 5.98. The molecule has 0 unspecified atom stereocenters. The molecular weight excluding hydrogens is 502 g/mol. The highest BCUT2D eigenvalue weighted by atomic mass is 35.5. The summed E-state index contributed by atoms with van der Waals surface area (Å²) < 4.78 is 6.72. The van der Waals surface area contributed by atoms with Crippen molar-refractivity contribution in [2.75, 3.05) is 17.7 Å². The number of rotatable bonds is 10. The highest BCUT2D eigenvalue weighted by Crippen LogP contribution is 2.25. The molecule has 2 N–H and O–H groups in total. The number of carbonyl (C=O) groups is 3. The minimum Gasteiger partial charge on any atom is -0.462 e. The van der Waals surface area contributed by atoms with Crippen LogP contribution < -0.4 is 10.6 Å². The van der Waals surface area contributed by atoms with Gasteiger partial charge in [0, 0.05) is 12.7 Å². The molecular formula is C25H28ClN5O4S. The van der Waals surface area contributed by atoms with E-state index in [2.05, 4.69) is 20.8 Å². The number of thioether (sulfide) groups is 1. The second-order valence-electron chi connectivity index (χ2n) is 8.21. The number of nitrogens with zero attached hydrogens (tertiary/aromatic N) is 3. The number of amides is 2. The molecule has 36 heavy (non-hydrogen) atoms. The van der Waals surface area contributed by atoms with Crippen LogP contribution in [0.15, 0.2) is 53.7 Å². The number of ether oxygens (including phenoxy) is 1. The molecule has 0 radical (unpaired) electrons. The molecule has 0 bridgehead atoms. The Morgan fingerprint density at radius 2 is 1.78 bits per heavy atom. The van der Waals surface area contributed by atoms with Crippen LogP contribution in [0.5, 0.6) is 0 Å². The number of benzene rings is 2. The molecule has 11 heteroatoms. The monoisotopic (exact) mass is 529 g/mol. The largest absolute Gasteiger partial charge is 0.462 e. The van der Waals surface area contributed by atoms with E-state index in [0.29, 0.717) is 39.4 Å². The van der Waals surface area contributed by atoms with Crippen molar-refractivity contribution in [3.8, 4) is 0 Å². The van der Waals surface area contributed by atoms with Crippen LogP contribution in [0.2, 0.25) is 5.02 Å². The SMILES string of the molecule is CCOC(=O)c1ccc(NC(=O)CSc2nnc([C@H](NC(=O)c3ccccc3Cl)C(C)C)n2C)cc1. The topological polar surface area (TPSA) is 115 Å². The Balaban J connectivity index is 1.62. The number of anilines is 1. The summed E-state index contributed by atoms with van der Waals surface area (Å²) in [6, 6.07) is 12.9. The van der Waals surface area contributed by atoms with Gasteiger partial charge in [-0.2, -0.15) is 0 Å². The smallest absolute Gasteiger partial charge is 0.338 e. The maximum Gasteiger partial charge on any atom is 0.338 e. The van der Waals surface area contributed by atoms with Gasteiger partial charge in [0.05, 0.1) is 34.6 Å². The third-order valence-electron chi connectivity index (χ3n) is 5.23. The second-order valence-corrected chi connectivity index (χ2v) is 9.56. The zero-order valence-electron chi connectivity index (χ0n) is 20.4. The Kier molecular flexibility index (Phi) is 9.49. The van der Waals surface area contributed by atoms with Gasteiger partial charge in [0.15, 0.2) is 11.0 Å². The fourth-order valence-electron chi connectivity index (χ4n) is 3.35. The Hall–Kier alpha value is -3.37. The Labute approximate surface area is 219 Å². The number of halogens is 1. The van der Waals surface area contributed by atoms with Crippen molar-refractivity contribution < 1.29 is 19.1 Å². The summed E-state index contributed by atoms with van der Waals surface area (Å²) in [5.41, 5.74) is 1.36. The van der Waals surface area contributed by atoms with E-state index in [1.807, 2.05) is 13.8 Å². The number of nitrogens with one attached hydrogen (secondary N) is 2. The lowest BCUT2D eigenvalue weighted by Crippen LogP contribution is -2.33. The van der Waals surface area contributed by atoms with Gasteiger partial charge in [-0.15, -0.1) is 10.2 Å². The van der Waals surface area contributed by atoms with Crippen LogP contribution >= 0.6 is 23.4 Å². The lowest BCUT2D eigenvalue weighted by Gasteiger charge is -2.22. The van der Waals surface area contributed by atoms with Gasteiger partial charge in [0.1, 0.15) is 0 Å². The van der Waals surface area contributed by atoms with E-state index >= 15 is 0 Å². The van der Waals surface area contributed by atoms with Crippen LogP contribution in [-0.4, -0.2) is 44.9 Å². The minimum atomic E-state index is -0.410. The van der Waals surface area contributed by atoms with E-state index in [9.17, 15) is 14.4 Å². The van der Waals surface area contributed by atoms with Crippen LogP contribution in [0.3, 0.4) is 0 Å². The molecule has 0 aliphatic rings. The quantitative estimate of drug-likeness (QED) is 0.293. The van der Waals surface area contributed by atoms with Gasteiger partial charge in [-0.05, 0) is 49.2 Å². The summed E-state index contributed by atoms with van der Waals surface area (Å²) in [5, 5.41) is 15.2. The fourth-order valence-corrected chi connectivity index (χ4v) is 4.29. The molecule has 1 aromatic heterocycles. The maximum absolute atomic E-state index is 12.8. The maximum atomic E-state index is 12.8. The zero-order chi connectivity index (χ0) is 26.2. The fraction of sp³-hybridized carbons (Fsp3) is 0.320. The molecule has 2 amide bonds. The molecule has 190 valence electrons. The lowest BCUT2D eigenvalue weighted by atomic mass is 10.0. The van der Waals surface area contributed by atoms with Crippen molar-refractivity contribution in [3.63, 3.8) is 0 Å². The van der Waals surface area contributed by atoms with Gasteiger partial charge in [0.2, 0.25) is 5.91 Å². The van der Waals surface area contributed by atoms with Crippen LogP contribution in [0.4, 0.5) is 5.69 Å². The van der Waals surface area contributed by atoms with Gasteiger partial charge in [-0.1, -0.05) is 49.3 Å². The highest BCUT2D eigenvalue weighted by molar-refractivity contribution is 7.99. The molecule has 0 aliphatic carbocycles. The molecule has 0 saturated carbocycles. The Bertz CT molecular complexity index is 1230. The summed E-state index contributed by atoms with van der Waals surface area (Å²) in [5.74, 6) is -0.248. The molecule has 3 aromatic rings. The number of hydrogen-bond donors (Lipinski definition) is 2. The van der Waals surface area contributed by atoms with E-state index in [1.54, 1.807) is 67.1 Å². The molecule has 0 saturated heterocycles. The van der Waals surface area contributed by atoms with Crippen molar-refractivity contribution in [3.05, 3.63) is 70.5 Å². The van der Waals surface area contributed by atoms with Crippen molar-refractivity contribution >= 4 is 46.8 Å². The predicted molar refractivity (Wildman–Crippen MR) is 139 cm³/mol. The Morgan fingerprint density at radius 3 is 2.42 bits per heavy atom. The van der Waals surface area contributed by atoms with Crippen LogP contribution in [0.1, 0.15) is 53.4 Å². The molecule has 9 nitrogen and oxygen atoms in total. The minimum absolute atomic E-state index is 0.0260. The lowest BCUT2D eigenvalue weighted by molar-refractivity contribution is -0.113. The highest BCUT2D eigenvalue weighted by Gasteiger charge is 2.26. The second kappa shape index (κ2) is 12.5. The third kappa shape index (κ3) is 6.86. The number of hydrogen-bond acceptors (Lipinski definition) is 7. The normalized spacial score (nSPS) is 11.7. The van der Waals surface area contributed by atoms with E-state index in [1.165, 1.54) is 11.8 Å².